The number of benzene rings is 1. The Balaban J connectivity index is 2.02. The van der Waals surface area contributed by atoms with Crippen molar-refractivity contribution in [3.05, 3.63) is 66.7 Å². The smallest absolute Gasteiger partial charge is 0.0873 e. The lowest BCUT2D eigenvalue weighted by molar-refractivity contribution is 0.864. The van der Waals surface area contributed by atoms with Crippen molar-refractivity contribution in [1.29, 1.82) is 0 Å². The highest BCUT2D eigenvalue weighted by Gasteiger charge is 2.06. The van der Waals surface area contributed by atoms with E-state index in [0.29, 0.717) is 5.88 Å². The minimum absolute atomic E-state index is 0.443. The molecule has 0 aliphatic carbocycles. The van der Waals surface area contributed by atoms with Gasteiger partial charge in [-0.15, -0.1) is 11.6 Å². The quantitative estimate of drug-likeness (QED) is 0.679. The predicted molar refractivity (Wildman–Crippen MR) is 76.4 cm³/mol. The zero-order valence-electron chi connectivity index (χ0n) is 10.2. The van der Waals surface area contributed by atoms with Gasteiger partial charge < -0.3 is 0 Å². The Bertz CT molecular complexity index is 677. The Hall–Kier alpha value is -2.13. The Morgan fingerprint density at radius 3 is 2.63 bits per heavy atom. The van der Waals surface area contributed by atoms with Gasteiger partial charge in [0.05, 0.1) is 18.1 Å². The first-order chi connectivity index (χ1) is 9.38. The molecule has 1 aromatic carbocycles. The number of hydrogen-bond donors (Lipinski definition) is 0. The summed E-state index contributed by atoms with van der Waals surface area (Å²) in [6.07, 6.45) is 7.35. The van der Waals surface area contributed by atoms with E-state index in [1.54, 1.807) is 12.4 Å². The number of aromatic nitrogens is 3. The van der Waals surface area contributed by atoms with Crippen molar-refractivity contribution in [2.24, 2.45) is 0 Å². The van der Waals surface area contributed by atoms with Gasteiger partial charge in [-0.05, 0) is 17.2 Å². The summed E-state index contributed by atoms with van der Waals surface area (Å²) >= 11 is 5.94. The van der Waals surface area contributed by atoms with Gasteiger partial charge in [-0.2, -0.15) is 5.10 Å². The van der Waals surface area contributed by atoms with Crippen molar-refractivity contribution >= 4 is 11.6 Å². The van der Waals surface area contributed by atoms with Crippen LogP contribution in [0.1, 0.15) is 5.56 Å². The first-order valence-electron chi connectivity index (χ1n) is 5.98. The fourth-order valence-corrected chi connectivity index (χ4v) is 2.19. The maximum absolute atomic E-state index is 5.94. The molecule has 4 heteroatoms. The summed E-state index contributed by atoms with van der Waals surface area (Å²) in [5, 5.41) is 4.39. The standard InChI is InChI=1S/C15H12ClN3/c16-8-13-6-7-17-10-15(13)19-11-14(9-18-19)12-4-2-1-3-5-12/h1-7,9-11H,8H2. The van der Waals surface area contributed by atoms with E-state index in [1.807, 2.05) is 41.3 Å². The van der Waals surface area contributed by atoms with Crippen LogP contribution in [0.15, 0.2) is 61.2 Å². The molecule has 0 fully saturated rings. The minimum Gasteiger partial charge on any atom is -0.262 e. The molecular formula is C15H12ClN3. The van der Waals surface area contributed by atoms with Crippen molar-refractivity contribution < 1.29 is 0 Å². The predicted octanol–water partition coefficient (Wildman–Crippen LogP) is 3.67. The summed E-state index contributed by atoms with van der Waals surface area (Å²) < 4.78 is 1.81. The second-order valence-corrected chi connectivity index (χ2v) is 4.44. The molecule has 0 saturated heterocycles. The van der Waals surface area contributed by atoms with Gasteiger partial charge in [-0.25, -0.2) is 4.68 Å². The SMILES string of the molecule is ClCc1ccncc1-n1cc(-c2ccccc2)cn1. The maximum Gasteiger partial charge on any atom is 0.0873 e. The van der Waals surface area contributed by atoms with Gasteiger partial charge in [0, 0.05) is 23.8 Å². The molecule has 3 nitrogen and oxygen atoms in total. The lowest BCUT2D eigenvalue weighted by Gasteiger charge is -2.05. The molecule has 0 aliphatic rings. The van der Waals surface area contributed by atoms with Crippen molar-refractivity contribution in [3.8, 4) is 16.8 Å². The second kappa shape index (κ2) is 5.24. The molecule has 0 aliphatic heterocycles. The first-order valence-corrected chi connectivity index (χ1v) is 6.51. The molecule has 0 bridgehead atoms. The molecule has 0 N–H and O–H groups in total. The zero-order chi connectivity index (χ0) is 13.1. The number of rotatable bonds is 3. The molecule has 0 unspecified atom stereocenters. The third kappa shape index (κ3) is 2.37. The fourth-order valence-electron chi connectivity index (χ4n) is 1.97. The van der Waals surface area contributed by atoms with Crippen molar-refractivity contribution in [2.45, 2.75) is 5.88 Å². The van der Waals surface area contributed by atoms with Crippen LogP contribution in [-0.2, 0) is 5.88 Å². The van der Waals surface area contributed by atoms with Crippen LogP contribution in [0.2, 0.25) is 0 Å². The van der Waals surface area contributed by atoms with E-state index in [9.17, 15) is 0 Å². The van der Waals surface area contributed by atoms with Crippen LogP contribution >= 0.6 is 11.6 Å². The Labute approximate surface area is 116 Å². The topological polar surface area (TPSA) is 30.7 Å². The number of pyridine rings is 1. The van der Waals surface area contributed by atoms with E-state index < -0.39 is 0 Å². The molecule has 2 heterocycles. The van der Waals surface area contributed by atoms with Crippen LogP contribution in [0.3, 0.4) is 0 Å². The number of halogens is 1. The summed E-state index contributed by atoms with van der Waals surface area (Å²) in [6.45, 7) is 0. The molecule has 0 amide bonds. The van der Waals surface area contributed by atoms with Gasteiger partial charge in [0.1, 0.15) is 0 Å². The molecule has 0 radical (unpaired) electrons. The number of hydrogen-bond acceptors (Lipinski definition) is 2. The van der Waals surface area contributed by atoms with Crippen LogP contribution in [0.25, 0.3) is 16.8 Å². The number of nitrogens with zero attached hydrogens (tertiary/aromatic N) is 3. The summed E-state index contributed by atoms with van der Waals surface area (Å²) in [6, 6.07) is 12.1. The third-order valence-corrected chi connectivity index (χ3v) is 3.26. The van der Waals surface area contributed by atoms with E-state index in [1.165, 1.54) is 0 Å². The highest BCUT2D eigenvalue weighted by atomic mass is 35.5. The molecule has 2 aromatic heterocycles. The van der Waals surface area contributed by atoms with E-state index >= 15 is 0 Å². The van der Waals surface area contributed by atoms with Crippen molar-refractivity contribution in [3.63, 3.8) is 0 Å². The zero-order valence-corrected chi connectivity index (χ0v) is 11.0. The molecule has 0 atom stereocenters. The lowest BCUT2D eigenvalue weighted by atomic mass is 10.1. The van der Waals surface area contributed by atoms with Gasteiger partial charge in [0.25, 0.3) is 0 Å². The third-order valence-electron chi connectivity index (χ3n) is 2.97. The van der Waals surface area contributed by atoms with Gasteiger partial charge in [0.15, 0.2) is 0 Å². The molecule has 3 aromatic rings. The van der Waals surface area contributed by atoms with E-state index in [0.717, 1.165) is 22.4 Å². The van der Waals surface area contributed by atoms with Crippen LogP contribution < -0.4 is 0 Å². The molecule has 19 heavy (non-hydrogen) atoms. The Morgan fingerprint density at radius 2 is 1.84 bits per heavy atom. The summed E-state index contributed by atoms with van der Waals surface area (Å²) in [5.41, 5.74) is 4.15. The highest BCUT2D eigenvalue weighted by molar-refractivity contribution is 6.17. The minimum atomic E-state index is 0.443. The van der Waals surface area contributed by atoms with Crippen LogP contribution in [0, 0.1) is 0 Å². The number of alkyl halides is 1. The lowest BCUT2D eigenvalue weighted by Crippen LogP contribution is -1.99. The molecule has 0 saturated carbocycles. The van der Waals surface area contributed by atoms with E-state index in [4.69, 9.17) is 11.6 Å². The molecule has 94 valence electrons. The second-order valence-electron chi connectivity index (χ2n) is 4.18. The van der Waals surface area contributed by atoms with Crippen LogP contribution in [0.4, 0.5) is 0 Å². The van der Waals surface area contributed by atoms with Crippen LogP contribution in [0.5, 0.6) is 0 Å². The monoisotopic (exact) mass is 269 g/mol. The average molecular weight is 270 g/mol. The summed E-state index contributed by atoms with van der Waals surface area (Å²) in [7, 11) is 0. The maximum atomic E-state index is 5.94. The summed E-state index contributed by atoms with van der Waals surface area (Å²) in [5.74, 6) is 0.443. The van der Waals surface area contributed by atoms with Gasteiger partial charge in [0.2, 0.25) is 0 Å². The normalized spacial score (nSPS) is 10.6. The Kier molecular flexibility index (Phi) is 3.29. The largest absolute Gasteiger partial charge is 0.262 e. The van der Waals surface area contributed by atoms with E-state index in [-0.39, 0.29) is 0 Å². The van der Waals surface area contributed by atoms with Gasteiger partial charge >= 0.3 is 0 Å². The first kappa shape index (κ1) is 11.9. The van der Waals surface area contributed by atoms with Crippen LogP contribution in [-0.4, -0.2) is 14.8 Å². The van der Waals surface area contributed by atoms with Crippen molar-refractivity contribution in [1.82, 2.24) is 14.8 Å². The molecule has 0 spiro atoms. The van der Waals surface area contributed by atoms with Gasteiger partial charge in [-0.1, -0.05) is 30.3 Å². The fraction of sp³-hybridized carbons (Fsp3) is 0.0667. The molecular weight excluding hydrogens is 258 g/mol. The Morgan fingerprint density at radius 1 is 1.00 bits per heavy atom. The van der Waals surface area contributed by atoms with E-state index in [2.05, 4.69) is 22.2 Å². The van der Waals surface area contributed by atoms with Crippen molar-refractivity contribution in [2.75, 3.05) is 0 Å². The highest BCUT2D eigenvalue weighted by Crippen LogP contribution is 2.21. The average Bonchev–Trinajstić information content (AvgIpc) is 2.98. The summed E-state index contributed by atoms with van der Waals surface area (Å²) in [4.78, 5) is 4.13. The van der Waals surface area contributed by atoms with Gasteiger partial charge in [-0.3, -0.25) is 4.98 Å². The molecule has 3 rings (SSSR count).